The van der Waals surface area contributed by atoms with Gasteiger partial charge in [0, 0.05) is 11.8 Å². The maximum absolute atomic E-state index is 12.7. The lowest BCUT2D eigenvalue weighted by atomic mass is 10.3. The molecule has 0 spiro atoms. The fraction of sp³-hybridized carbons (Fsp3) is 0.0833. The first-order valence-electron chi connectivity index (χ1n) is 4.96. The van der Waals surface area contributed by atoms with Gasteiger partial charge < -0.3 is 5.32 Å². The number of hydrogen-bond acceptors (Lipinski definition) is 4. The van der Waals surface area contributed by atoms with Crippen LogP contribution in [0.15, 0.2) is 30.3 Å². The van der Waals surface area contributed by atoms with Gasteiger partial charge in [-0.2, -0.15) is 5.26 Å². The summed E-state index contributed by atoms with van der Waals surface area (Å²) < 4.78 is 12.7. The number of nitrogens with zero attached hydrogens (tertiary/aromatic N) is 3. The van der Waals surface area contributed by atoms with Crippen LogP contribution >= 0.6 is 0 Å². The molecule has 0 bridgehead atoms. The van der Waals surface area contributed by atoms with Crippen LogP contribution in [0, 0.1) is 24.1 Å². The van der Waals surface area contributed by atoms with Gasteiger partial charge in [-0.25, -0.2) is 14.4 Å². The molecule has 0 aliphatic carbocycles. The number of rotatable bonds is 2. The Morgan fingerprint density at radius 1 is 1.24 bits per heavy atom. The molecule has 0 radical (unpaired) electrons. The molecule has 0 aliphatic rings. The molecule has 0 aliphatic heterocycles. The lowest BCUT2D eigenvalue weighted by Crippen LogP contribution is -1.99. The van der Waals surface area contributed by atoms with Crippen molar-refractivity contribution in [3.05, 3.63) is 47.7 Å². The summed E-state index contributed by atoms with van der Waals surface area (Å²) in [7, 11) is 0. The molecule has 1 aromatic carbocycles. The topological polar surface area (TPSA) is 61.6 Å². The minimum absolute atomic E-state index is 0.294. The van der Waals surface area contributed by atoms with E-state index in [-0.39, 0.29) is 5.82 Å². The third-order valence-electron chi connectivity index (χ3n) is 2.07. The first-order valence-corrected chi connectivity index (χ1v) is 4.96. The lowest BCUT2D eigenvalue weighted by molar-refractivity contribution is 0.628. The van der Waals surface area contributed by atoms with Crippen LogP contribution in [0.5, 0.6) is 0 Å². The summed E-state index contributed by atoms with van der Waals surface area (Å²) in [6, 6.07) is 9.38. The molecule has 4 nitrogen and oxygen atoms in total. The summed E-state index contributed by atoms with van der Waals surface area (Å²) in [5, 5.41) is 11.7. The van der Waals surface area contributed by atoms with E-state index in [1.807, 2.05) is 6.07 Å². The number of nitrogens with one attached hydrogen (secondary N) is 1. The van der Waals surface area contributed by atoms with Crippen molar-refractivity contribution in [2.75, 3.05) is 5.32 Å². The molecule has 5 heteroatoms. The summed E-state index contributed by atoms with van der Waals surface area (Å²) >= 11 is 0. The monoisotopic (exact) mass is 228 g/mol. The van der Waals surface area contributed by atoms with E-state index >= 15 is 0 Å². The second-order valence-corrected chi connectivity index (χ2v) is 3.43. The van der Waals surface area contributed by atoms with E-state index < -0.39 is 0 Å². The van der Waals surface area contributed by atoms with Gasteiger partial charge in [-0.1, -0.05) is 0 Å². The highest BCUT2D eigenvalue weighted by molar-refractivity contribution is 5.56. The van der Waals surface area contributed by atoms with Gasteiger partial charge in [0.05, 0.1) is 0 Å². The second-order valence-electron chi connectivity index (χ2n) is 3.43. The highest BCUT2D eigenvalue weighted by Crippen LogP contribution is 2.15. The summed E-state index contributed by atoms with van der Waals surface area (Å²) in [5.41, 5.74) is 0.996. The van der Waals surface area contributed by atoms with Crippen LogP contribution in [0.1, 0.15) is 11.5 Å². The van der Waals surface area contributed by atoms with Crippen molar-refractivity contribution in [3.63, 3.8) is 0 Å². The zero-order valence-electron chi connectivity index (χ0n) is 9.11. The van der Waals surface area contributed by atoms with E-state index in [0.29, 0.717) is 23.0 Å². The van der Waals surface area contributed by atoms with Crippen molar-refractivity contribution >= 4 is 11.5 Å². The Bertz CT molecular complexity index is 572. The molecule has 2 aromatic rings. The van der Waals surface area contributed by atoms with E-state index in [1.54, 1.807) is 19.1 Å². The van der Waals surface area contributed by atoms with E-state index in [4.69, 9.17) is 5.26 Å². The van der Waals surface area contributed by atoms with Crippen molar-refractivity contribution in [2.45, 2.75) is 6.92 Å². The van der Waals surface area contributed by atoms with E-state index in [0.717, 1.165) is 0 Å². The van der Waals surface area contributed by atoms with Crippen LogP contribution in [-0.4, -0.2) is 9.97 Å². The standard InChI is InChI=1S/C12H9FN4/c1-8-15-11(7-14)6-12(16-8)17-10-4-2-9(13)3-5-10/h2-6H,1H3,(H,15,16,17). The number of hydrogen-bond donors (Lipinski definition) is 1. The largest absolute Gasteiger partial charge is 0.340 e. The van der Waals surface area contributed by atoms with Crippen LogP contribution in [0.3, 0.4) is 0 Å². The molecule has 0 saturated heterocycles. The van der Waals surface area contributed by atoms with Crippen molar-refractivity contribution in [1.29, 1.82) is 5.26 Å². The molecular formula is C12H9FN4. The highest BCUT2D eigenvalue weighted by atomic mass is 19.1. The SMILES string of the molecule is Cc1nc(C#N)cc(Nc2ccc(F)cc2)n1. The normalized spacial score (nSPS) is 9.71. The van der Waals surface area contributed by atoms with Crippen molar-refractivity contribution in [2.24, 2.45) is 0 Å². The molecule has 84 valence electrons. The minimum atomic E-state index is -0.299. The highest BCUT2D eigenvalue weighted by Gasteiger charge is 2.01. The summed E-state index contributed by atoms with van der Waals surface area (Å²) in [5.74, 6) is 0.724. The van der Waals surface area contributed by atoms with Crippen LogP contribution in [0.4, 0.5) is 15.9 Å². The molecule has 0 amide bonds. The zero-order valence-corrected chi connectivity index (χ0v) is 9.11. The number of aryl methyl sites for hydroxylation is 1. The van der Waals surface area contributed by atoms with Gasteiger partial charge in [0.2, 0.25) is 0 Å². The quantitative estimate of drug-likeness (QED) is 0.857. The molecule has 2 rings (SSSR count). The smallest absolute Gasteiger partial charge is 0.146 e. The van der Waals surface area contributed by atoms with E-state index in [2.05, 4.69) is 15.3 Å². The first kappa shape index (κ1) is 11.0. The van der Waals surface area contributed by atoms with Crippen molar-refractivity contribution in [3.8, 4) is 6.07 Å². The van der Waals surface area contributed by atoms with Gasteiger partial charge in [0.1, 0.15) is 29.2 Å². The van der Waals surface area contributed by atoms with Crippen LogP contribution < -0.4 is 5.32 Å². The average molecular weight is 228 g/mol. The molecule has 17 heavy (non-hydrogen) atoms. The third kappa shape index (κ3) is 2.75. The van der Waals surface area contributed by atoms with Crippen molar-refractivity contribution < 1.29 is 4.39 Å². The third-order valence-corrected chi connectivity index (χ3v) is 2.07. The molecule has 0 atom stereocenters. The van der Waals surface area contributed by atoms with Gasteiger partial charge in [0.15, 0.2) is 0 Å². The maximum Gasteiger partial charge on any atom is 0.146 e. The fourth-order valence-corrected chi connectivity index (χ4v) is 1.37. The molecule has 0 fully saturated rings. The predicted octanol–water partition coefficient (Wildman–Crippen LogP) is 2.54. The lowest BCUT2D eigenvalue weighted by Gasteiger charge is -2.06. The van der Waals surface area contributed by atoms with Crippen LogP contribution in [-0.2, 0) is 0 Å². The number of aromatic nitrogens is 2. The average Bonchev–Trinajstić information content (AvgIpc) is 2.31. The Morgan fingerprint density at radius 2 is 1.94 bits per heavy atom. The van der Waals surface area contributed by atoms with Gasteiger partial charge in [-0.05, 0) is 31.2 Å². The molecular weight excluding hydrogens is 219 g/mol. The summed E-state index contributed by atoms with van der Waals surface area (Å²) in [6.45, 7) is 1.71. The molecule has 1 N–H and O–H groups in total. The van der Waals surface area contributed by atoms with Crippen LogP contribution in [0.25, 0.3) is 0 Å². The molecule has 0 saturated carbocycles. The second kappa shape index (κ2) is 4.58. The molecule has 0 unspecified atom stereocenters. The fourth-order valence-electron chi connectivity index (χ4n) is 1.37. The first-order chi connectivity index (χ1) is 8.17. The molecule has 1 aromatic heterocycles. The van der Waals surface area contributed by atoms with Gasteiger partial charge in [-0.3, -0.25) is 0 Å². The predicted molar refractivity (Wildman–Crippen MR) is 61.2 cm³/mol. The van der Waals surface area contributed by atoms with E-state index in [9.17, 15) is 4.39 Å². The number of benzene rings is 1. The maximum atomic E-state index is 12.7. The Hall–Kier alpha value is -2.48. The number of anilines is 2. The number of halogens is 1. The Labute approximate surface area is 97.8 Å². The number of nitriles is 1. The molecule has 1 heterocycles. The Kier molecular flexibility index (Phi) is 2.97. The summed E-state index contributed by atoms with van der Waals surface area (Å²) in [6.07, 6.45) is 0. The zero-order chi connectivity index (χ0) is 12.3. The Morgan fingerprint density at radius 3 is 2.59 bits per heavy atom. The van der Waals surface area contributed by atoms with Gasteiger partial charge >= 0.3 is 0 Å². The summed E-state index contributed by atoms with van der Waals surface area (Å²) in [4.78, 5) is 8.07. The van der Waals surface area contributed by atoms with E-state index in [1.165, 1.54) is 18.2 Å². The van der Waals surface area contributed by atoms with Crippen molar-refractivity contribution in [1.82, 2.24) is 9.97 Å². The minimum Gasteiger partial charge on any atom is -0.340 e. The van der Waals surface area contributed by atoms with Crippen LogP contribution in [0.2, 0.25) is 0 Å². The Balaban J connectivity index is 2.27. The van der Waals surface area contributed by atoms with Gasteiger partial charge in [-0.15, -0.1) is 0 Å². The van der Waals surface area contributed by atoms with Gasteiger partial charge in [0.25, 0.3) is 0 Å².